The first kappa shape index (κ1) is 10.4. The molecule has 1 unspecified atom stereocenters. The van der Waals surface area contributed by atoms with Crippen molar-refractivity contribution >= 4 is 5.69 Å². The molecule has 1 saturated heterocycles. The molecule has 0 aliphatic carbocycles. The van der Waals surface area contributed by atoms with Crippen molar-refractivity contribution in [1.82, 2.24) is 9.88 Å². The number of hydrogen-bond acceptors (Lipinski definition) is 4. The highest BCUT2D eigenvalue weighted by Crippen LogP contribution is 2.17. The highest BCUT2D eigenvalue weighted by Gasteiger charge is 2.19. The molecule has 1 atom stereocenters. The van der Waals surface area contributed by atoms with Gasteiger partial charge in [0.25, 0.3) is 0 Å². The van der Waals surface area contributed by atoms with E-state index in [1.165, 1.54) is 5.56 Å². The summed E-state index contributed by atoms with van der Waals surface area (Å²) < 4.78 is 0. The third-order valence-corrected chi connectivity index (χ3v) is 2.88. The van der Waals surface area contributed by atoms with Crippen molar-refractivity contribution in [2.75, 3.05) is 25.5 Å². The van der Waals surface area contributed by atoms with Crippen LogP contribution in [0.3, 0.4) is 0 Å². The molecule has 2 rings (SSSR count). The number of likely N-dealkylation sites (tertiary alicyclic amines) is 1. The lowest BCUT2D eigenvalue weighted by atomic mass is 10.2. The van der Waals surface area contributed by atoms with E-state index in [-0.39, 0.29) is 0 Å². The maximum atomic E-state index is 5.88. The molecule has 3 N–H and O–H groups in total. The van der Waals surface area contributed by atoms with Crippen LogP contribution in [-0.2, 0) is 6.54 Å². The maximum absolute atomic E-state index is 5.88. The monoisotopic (exact) mass is 206 g/mol. The Labute approximate surface area is 90.5 Å². The van der Waals surface area contributed by atoms with Crippen LogP contribution in [0.25, 0.3) is 0 Å². The predicted octanol–water partition coefficient (Wildman–Crippen LogP) is 0.656. The zero-order valence-electron chi connectivity index (χ0n) is 9.11. The number of nitrogens with one attached hydrogen (secondary N) is 1. The summed E-state index contributed by atoms with van der Waals surface area (Å²) >= 11 is 0. The van der Waals surface area contributed by atoms with Crippen molar-refractivity contribution in [3.63, 3.8) is 0 Å². The van der Waals surface area contributed by atoms with Crippen LogP contribution >= 0.6 is 0 Å². The summed E-state index contributed by atoms with van der Waals surface area (Å²) in [6.45, 7) is 3.04. The quantitative estimate of drug-likeness (QED) is 0.762. The smallest absolute Gasteiger partial charge is 0.0414 e. The van der Waals surface area contributed by atoms with Gasteiger partial charge in [0.15, 0.2) is 0 Å². The van der Waals surface area contributed by atoms with Crippen LogP contribution in [0.15, 0.2) is 18.5 Å². The lowest BCUT2D eigenvalue weighted by molar-refractivity contribution is 0.327. The number of pyridine rings is 1. The van der Waals surface area contributed by atoms with Crippen molar-refractivity contribution < 1.29 is 0 Å². The first-order chi connectivity index (χ1) is 7.29. The third kappa shape index (κ3) is 2.46. The van der Waals surface area contributed by atoms with Gasteiger partial charge in [-0.05, 0) is 12.5 Å². The molecule has 0 amide bonds. The molecule has 0 bridgehead atoms. The van der Waals surface area contributed by atoms with Crippen LogP contribution in [0, 0.1) is 0 Å². The Morgan fingerprint density at radius 2 is 2.53 bits per heavy atom. The zero-order valence-corrected chi connectivity index (χ0v) is 9.11. The molecular formula is C11H18N4. The molecule has 82 valence electrons. The molecule has 1 aliphatic rings. The summed E-state index contributed by atoms with van der Waals surface area (Å²) in [4.78, 5) is 6.53. The molecule has 4 nitrogen and oxygen atoms in total. The fourth-order valence-electron chi connectivity index (χ4n) is 2.04. The second kappa shape index (κ2) is 4.59. The average Bonchev–Trinajstić information content (AvgIpc) is 2.65. The van der Waals surface area contributed by atoms with E-state index < -0.39 is 0 Å². The van der Waals surface area contributed by atoms with Crippen LogP contribution < -0.4 is 11.1 Å². The molecule has 0 aromatic carbocycles. The van der Waals surface area contributed by atoms with Gasteiger partial charge >= 0.3 is 0 Å². The molecule has 15 heavy (non-hydrogen) atoms. The van der Waals surface area contributed by atoms with Crippen LogP contribution in [0.2, 0.25) is 0 Å². The normalized spacial score (nSPS) is 21.9. The molecular weight excluding hydrogens is 188 g/mol. The van der Waals surface area contributed by atoms with Crippen LogP contribution in [0.4, 0.5) is 5.69 Å². The standard InChI is InChI=1S/C11H18N4/c1-13-11-2-4-14-6-9(11)7-15-5-3-10(12)8-15/h2,4,6,10H,3,5,7-8,12H2,1H3,(H,13,14). The minimum Gasteiger partial charge on any atom is -0.388 e. The lowest BCUT2D eigenvalue weighted by Crippen LogP contribution is -2.26. The Hall–Kier alpha value is -1.13. The molecule has 1 aliphatic heterocycles. The molecule has 0 radical (unpaired) electrons. The Morgan fingerprint density at radius 1 is 1.67 bits per heavy atom. The fraction of sp³-hybridized carbons (Fsp3) is 0.545. The highest BCUT2D eigenvalue weighted by atomic mass is 15.2. The molecule has 1 fully saturated rings. The Bertz CT molecular complexity index is 326. The Morgan fingerprint density at radius 3 is 3.20 bits per heavy atom. The molecule has 1 aromatic rings. The average molecular weight is 206 g/mol. The predicted molar refractivity (Wildman–Crippen MR) is 61.7 cm³/mol. The van der Waals surface area contributed by atoms with Crippen LogP contribution in [-0.4, -0.2) is 36.1 Å². The first-order valence-electron chi connectivity index (χ1n) is 5.38. The van der Waals surface area contributed by atoms with Gasteiger partial charge in [0, 0.05) is 56.4 Å². The van der Waals surface area contributed by atoms with E-state index in [9.17, 15) is 0 Å². The SMILES string of the molecule is CNc1ccncc1CN1CCC(N)C1. The van der Waals surface area contributed by atoms with Gasteiger partial charge in [-0.3, -0.25) is 9.88 Å². The first-order valence-corrected chi connectivity index (χ1v) is 5.38. The van der Waals surface area contributed by atoms with Crippen LogP contribution in [0.5, 0.6) is 0 Å². The number of nitrogens with zero attached hydrogens (tertiary/aromatic N) is 2. The van der Waals surface area contributed by atoms with Gasteiger partial charge in [-0.1, -0.05) is 0 Å². The van der Waals surface area contributed by atoms with Crippen molar-refractivity contribution in [3.05, 3.63) is 24.0 Å². The molecule has 0 spiro atoms. The molecule has 1 aromatic heterocycles. The van der Waals surface area contributed by atoms with Crippen molar-refractivity contribution in [2.45, 2.75) is 19.0 Å². The number of rotatable bonds is 3. The number of anilines is 1. The topological polar surface area (TPSA) is 54.2 Å². The van der Waals surface area contributed by atoms with E-state index in [0.717, 1.165) is 31.7 Å². The third-order valence-electron chi connectivity index (χ3n) is 2.88. The summed E-state index contributed by atoms with van der Waals surface area (Å²) in [5.41, 5.74) is 8.28. The molecule has 0 saturated carbocycles. The van der Waals surface area contributed by atoms with Gasteiger partial charge < -0.3 is 11.1 Å². The van der Waals surface area contributed by atoms with E-state index in [1.54, 1.807) is 0 Å². The van der Waals surface area contributed by atoms with E-state index in [0.29, 0.717) is 6.04 Å². The minimum atomic E-state index is 0.347. The van der Waals surface area contributed by atoms with E-state index in [4.69, 9.17) is 5.73 Å². The largest absolute Gasteiger partial charge is 0.388 e. The number of nitrogens with two attached hydrogens (primary N) is 1. The van der Waals surface area contributed by atoms with Gasteiger partial charge in [0.1, 0.15) is 0 Å². The highest BCUT2D eigenvalue weighted by molar-refractivity contribution is 5.48. The number of hydrogen-bond donors (Lipinski definition) is 2. The fourth-order valence-corrected chi connectivity index (χ4v) is 2.04. The summed E-state index contributed by atoms with van der Waals surface area (Å²) in [5.74, 6) is 0. The van der Waals surface area contributed by atoms with E-state index in [2.05, 4.69) is 15.2 Å². The van der Waals surface area contributed by atoms with Crippen molar-refractivity contribution in [2.24, 2.45) is 5.73 Å². The Kier molecular flexibility index (Phi) is 3.18. The Balaban J connectivity index is 2.04. The van der Waals surface area contributed by atoms with Crippen molar-refractivity contribution in [1.29, 1.82) is 0 Å². The van der Waals surface area contributed by atoms with Gasteiger partial charge in [-0.25, -0.2) is 0 Å². The van der Waals surface area contributed by atoms with Gasteiger partial charge in [-0.2, -0.15) is 0 Å². The molecule has 4 heteroatoms. The van der Waals surface area contributed by atoms with Crippen molar-refractivity contribution in [3.8, 4) is 0 Å². The second-order valence-corrected chi connectivity index (χ2v) is 4.07. The summed E-state index contributed by atoms with van der Waals surface area (Å²) in [6.07, 6.45) is 4.84. The summed E-state index contributed by atoms with van der Waals surface area (Å²) in [6, 6.07) is 2.35. The zero-order chi connectivity index (χ0) is 10.7. The number of aromatic nitrogens is 1. The van der Waals surface area contributed by atoms with Gasteiger partial charge in [0.05, 0.1) is 0 Å². The van der Waals surface area contributed by atoms with Gasteiger partial charge in [0.2, 0.25) is 0 Å². The second-order valence-electron chi connectivity index (χ2n) is 4.07. The summed E-state index contributed by atoms with van der Waals surface area (Å²) in [5, 5.41) is 3.18. The maximum Gasteiger partial charge on any atom is 0.0414 e. The van der Waals surface area contributed by atoms with Crippen LogP contribution in [0.1, 0.15) is 12.0 Å². The molecule has 2 heterocycles. The lowest BCUT2D eigenvalue weighted by Gasteiger charge is -2.17. The van der Waals surface area contributed by atoms with E-state index >= 15 is 0 Å². The van der Waals surface area contributed by atoms with Gasteiger partial charge in [-0.15, -0.1) is 0 Å². The summed E-state index contributed by atoms with van der Waals surface area (Å²) in [7, 11) is 1.94. The minimum absolute atomic E-state index is 0.347. The van der Waals surface area contributed by atoms with E-state index in [1.807, 2.05) is 25.5 Å².